The van der Waals surface area contributed by atoms with E-state index in [2.05, 4.69) is 25.3 Å². The minimum atomic E-state index is -0.328. The lowest BCUT2D eigenvalue weighted by Gasteiger charge is -1.93. The minimum absolute atomic E-state index is 0.328. The van der Waals surface area contributed by atoms with Crippen LogP contribution < -0.4 is 0 Å². The molecule has 0 aliphatic rings. The lowest BCUT2D eigenvalue weighted by atomic mass is 10.3. The summed E-state index contributed by atoms with van der Waals surface area (Å²) in [6.45, 7) is 0. The Morgan fingerprint density at radius 3 is 2.33 bits per heavy atom. The zero-order valence-corrected chi connectivity index (χ0v) is 6.29. The van der Waals surface area contributed by atoms with Crippen molar-refractivity contribution in [2.75, 3.05) is 0 Å². The van der Waals surface area contributed by atoms with E-state index in [0.29, 0.717) is 9.79 Å². The lowest BCUT2D eigenvalue weighted by molar-refractivity contribution is 0.599. The smallest absolute Gasteiger partial charge is 0.137 e. The van der Waals surface area contributed by atoms with E-state index in [1.54, 1.807) is 12.1 Å². The molecule has 0 aliphatic carbocycles. The van der Waals surface area contributed by atoms with E-state index in [4.69, 9.17) is 0 Å². The fraction of sp³-hybridized carbons (Fsp3) is 0. The van der Waals surface area contributed by atoms with E-state index in [1.807, 2.05) is 0 Å². The molecule has 0 saturated carbocycles. The number of rotatable bonds is 0. The van der Waals surface area contributed by atoms with Crippen molar-refractivity contribution >= 4 is 25.3 Å². The van der Waals surface area contributed by atoms with E-state index in [9.17, 15) is 4.39 Å². The molecule has 0 spiro atoms. The highest BCUT2D eigenvalue weighted by molar-refractivity contribution is 7.80. The van der Waals surface area contributed by atoms with Crippen molar-refractivity contribution in [1.82, 2.24) is 0 Å². The maximum Gasteiger partial charge on any atom is 0.137 e. The normalized spacial score (nSPS) is 9.67. The van der Waals surface area contributed by atoms with Crippen molar-refractivity contribution < 1.29 is 4.39 Å². The monoisotopic (exact) mass is 160 g/mol. The van der Waals surface area contributed by atoms with Crippen LogP contribution in [0.4, 0.5) is 4.39 Å². The molecule has 0 nitrogen and oxygen atoms in total. The molecule has 0 heterocycles. The van der Waals surface area contributed by atoms with Gasteiger partial charge in [0.25, 0.3) is 0 Å². The van der Waals surface area contributed by atoms with Crippen LogP contribution in [-0.2, 0) is 0 Å². The van der Waals surface area contributed by atoms with Gasteiger partial charge in [0.05, 0.1) is 0 Å². The summed E-state index contributed by atoms with van der Waals surface area (Å²) < 4.78 is 12.5. The van der Waals surface area contributed by atoms with Gasteiger partial charge in [0, 0.05) is 9.79 Å². The molecule has 1 rings (SSSR count). The highest BCUT2D eigenvalue weighted by atomic mass is 32.1. The Bertz CT molecular complexity index is 222. The number of benzene rings is 1. The van der Waals surface area contributed by atoms with Crippen molar-refractivity contribution in [3.8, 4) is 0 Å². The third kappa shape index (κ3) is 1.63. The zero-order chi connectivity index (χ0) is 6.85. The summed E-state index contributed by atoms with van der Waals surface area (Å²) in [4.78, 5) is 0.970. The molecule has 48 valence electrons. The molecule has 1 aromatic carbocycles. The summed E-state index contributed by atoms with van der Waals surface area (Å²) >= 11 is 7.76. The summed E-state index contributed by atoms with van der Waals surface area (Å²) in [6.07, 6.45) is 0. The van der Waals surface area contributed by atoms with E-state index in [-0.39, 0.29) is 5.82 Å². The third-order valence-corrected chi connectivity index (χ3v) is 1.57. The van der Waals surface area contributed by atoms with Crippen molar-refractivity contribution in [3.05, 3.63) is 24.0 Å². The van der Waals surface area contributed by atoms with Crippen LogP contribution in [0.3, 0.4) is 0 Å². The molecule has 9 heavy (non-hydrogen) atoms. The van der Waals surface area contributed by atoms with Crippen molar-refractivity contribution in [3.63, 3.8) is 0 Å². The van der Waals surface area contributed by atoms with Gasteiger partial charge in [0.15, 0.2) is 0 Å². The molecule has 0 N–H and O–H groups in total. The van der Waals surface area contributed by atoms with Gasteiger partial charge in [-0.2, -0.15) is 0 Å². The zero-order valence-electron chi connectivity index (χ0n) is 4.50. The molecule has 0 unspecified atom stereocenters. The topological polar surface area (TPSA) is 0 Å². The maximum atomic E-state index is 12.5. The molecule has 3 heteroatoms. The Balaban J connectivity index is 3.17. The fourth-order valence-electron chi connectivity index (χ4n) is 0.496. The van der Waals surface area contributed by atoms with Gasteiger partial charge < -0.3 is 0 Å². The van der Waals surface area contributed by atoms with Gasteiger partial charge >= 0.3 is 0 Å². The molecule has 0 saturated heterocycles. The summed E-state index contributed by atoms with van der Waals surface area (Å²) in [7, 11) is 0. The summed E-state index contributed by atoms with van der Waals surface area (Å²) in [5.41, 5.74) is 0. The standard InChI is InChI=1S/C6H5FS2/c7-5-3-4(8)1-2-6(5)9/h1-3,8-9H. The molecule has 0 radical (unpaired) electrons. The van der Waals surface area contributed by atoms with Gasteiger partial charge in [0.1, 0.15) is 5.82 Å². The highest BCUT2D eigenvalue weighted by Crippen LogP contribution is 2.15. The second-order valence-corrected chi connectivity index (χ2v) is 2.63. The first-order valence-corrected chi connectivity index (χ1v) is 3.27. The summed E-state index contributed by atoms with van der Waals surface area (Å²) in [6, 6.07) is 4.58. The van der Waals surface area contributed by atoms with Crippen molar-refractivity contribution in [1.29, 1.82) is 0 Å². The van der Waals surface area contributed by atoms with Crippen LogP contribution in [0, 0.1) is 5.82 Å². The number of thiol groups is 2. The second-order valence-electron chi connectivity index (χ2n) is 1.64. The molecule has 0 aliphatic heterocycles. The number of hydrogen-bond donors (Lipinski definition) is 2. The van der Waals surface area contributed by atoms with Crippen LogP contribution in [0.15, 0.2) is 28.0 Å². The predicted octanol–water partition coefficient (Wildman–Crippen LogP) is 2.40. The second kappa shape index (κ2) is 2.62. The number of hydrogen-bond acceptors (Lipinski definition) is 2. The first-order chi connectivity index (χ1) is 4.20. The first-order valence-electron chi connectivity index (χ1n) is 2.37. The van der Waals surface area contributed by atoms with E-state index < -0.39 is 0 Å². The third-order valence-electron chi connectivity index (χ3n) is 0.931. The SMILES string of the molecule is Fc1cc(S)ccc1S. The average molecular weight is 160 g/mol. The van der Waals surface area contributed by atoms with Crippen LogP contribution >= 0.6 is 25.3 Å². The van der Waals surface area contributed by atoms with E-state index >= 15 is 0 Å². The molecular formula is C6H5FS2. The van der Waals surface area contributed by atoms with Crippen LogP contribution in [0.1, 0.15) is 0 Å². The van der Waals surface area contributed by atoms with Gasteiger partial charge in [-0.1, -0.05) is 0 Å². The maximum absolute atomic E-state index is 12.5. The Hall–Kier alpha value is -0.150. The van der Waals surface area contributed by atoms with Crippen LogP contribution in [0.2, 0.25) is 0 Å². The van der Waals surface area contributed by atoms with Gasteiger partial charge in [0.2, 0.25) is 0 Å². The quantitative estimate of drug-likeness (QED) is 0.535. The van der Waals surface area contributed by atoms with Gasteiger partial charge in [-0.3, -0.25) is 0 Å². The fourth-order valence-corrected chi connectivity index (χ4v) is 0.823. The molecule has 0 atom stereocenters. The first kappa shape index (κ1) is 6.96. The summed E-state index contributed by atoms with van der Waals surface area (Å²) in [5, 5.41) is 0. The average Bonchev–Trinajstić information content (AvgIpc) is 1.80. The van der Waals surface area contributed by atoms with E-state index in [0.717, 1.165) is 0 Å². The van der Waals surface area contributed by atoms with E-state index in [1.165, 1.54) is 6.07 Å². The van der Waals surface area contributed by atoms with Gasteiger partial charge in [-0.05, 0) is 18.2 Å². The highest BCUT2D eigenvalue weighted by Gasteiger charge is 1.94. The molecule has 0 fully saturated rings. The Morgan fingerprint density at radius 1 is 1.22 bits per heavy atom. The lowest BCUT2D eigenvalue weighted by Crippen LogP contribution is -1.75. The predicted molar refractivity (Wildman–Crippen MR) is 40.9 cm³/mol. The molecule has 0 amide bonds. The molecule has 0 aromatic heterocycles. The van der Waals surface area contributed by atoms with Crippen LogP contribution in [0.25, 0.3) is 0 Å². The molecule has 0 bridgehead atoms. The van der Waals surface area contributed by atoms with Crippen LogP contribution in [0.5, 0.6) is 0 Å². The summed E-state index contributed by atoms with van der Waals surface area (Å²) in [5.74, 6) is -0.328. The molecular weight excluding hydrogens is 155 g/mol. The van der Waals surface area contributed by atoms with Gasteiger partial charge in [-0.25, -0.2) is 4.39 Å². The minimum Gasteiger partial charge on any atom is -0.206 e. The van der Waals surface area contributed by atoms with Crippen LogP contribution in [-0.4, -0.2) is 0 Å². The Labute approximate surface area is 63.9 Å². The number of halogens is 1. The largest absolute Gasteiger partial charge is 0.206 e. The van der Waals surface area contributed by atoms with Crippen molar-refractivity contribution in [2.24, 2.45) is 0 Å². The van der Waals surface area contributed by atoms with Gasteiger partial charge in [-0.15, -0.1) is 25.3 Å². The Morgan fingerprint density at radius 2 is 1.89 bits per heavy atom. The molecule has 1 aromatic rings. The van der Waals surface area contributed by atoms with Crippen molar-refractivity contribution in [2.45, 2.75) is 9.79 Å². The Kier molecular flexibility index (Phi) is 2.03.